The first kappa shape index (κ1) is 16.6. The van der Waals surface area contributed by atoms with Crippen molar-refractivity contribution < 1.29 is 18.9 Å². The van der Waals surface area contributed by atoms with E-state index in [1.807, 2.05) is 6.07 Å². The lowest BCUT2D eigenvalue weighted by Crippen LogP contribution is -2.27. The van der Waals surface area contributed by atoms with Crippen LogP contribution in [0.1, 0.15) is 34.5 Å². The van der Waals surface area contributed by atoms with Crippen molar-refractivity contribution in [3.63, 3.8) is 0 Å². The molecular weight excluding hydrogens is 329 g/mol. The highest BCUT2D eigenvalue weighted by Crippen LogP contribution is 2.26. The zero-order valence-corrected chi connectivity index (χ0v) is 13.2. The highest BCUT2D eigenvalue weighted by molar-refractivity contribution is 5.99. The Morgan fingerprint density at radius 1 is 1.32 bits per heavy atom. The first-order valence-electron chi connectivity index (χ1n) is 7.52. The number of benzene rings is 2. The van der Waals surface area contributed by atoms with Gasteiger partial charge in [0.1, 0.15) is 5.82 Å². The van der Waals surface area contributed by atoms with Crippen molar-refractivity contribution in [2.75, 3.05) is 5.32 Å². The lowest BCUT2D eigenvalue weighted by Gasteiger charge is -2.15. The second kappa shape index (κ2) is 6.31. The SMILES string of the molecule is C[C@@H](NC(=O)c1ccc([N+](=O)[O-])cc1F)c1ccc2c(c1)CC(=O)N2. The number of nitro benzene ring substituents is 1. The van der Waals surface area contributed by atoms with Gasteiger partial charge in [-0.25, -0.2) is 4.39 Å². The third-order valence-corrected chi connectivity index (χ3v) is 4.01. The van der Waals surface area contributed by atoms with Gasteiger partial charge in [-0.15, -0.1) is 0 Å². The van der Waals surface area contributed by atoms with Crippen LogP contribution in [-0.2, 0) is 11.2 Å². The molecule has 2 amide bonds. The molecule has 25 heavy (non-hydrogen) atoms. The number of fused-ring (bicyclic) bond motifs is 1. The molecule has 0 aromatic heterocycles. The van der Waals surface area contributed by atoms with Crippen LogP contribution in [0.4, 0.5) is 15.8 Å². The number of hydrogen-bond donors (Lipinski definition) is 2. The van der Waals surface area contributed by atoms with Crippen molar-refractivity contribution in [2.45, 2.75) is 19.4 Å². The zero-order valence-electron chi connectivity index (χ0n) is 13.2. The Labute approximate surface area is 142 Å². The van der Waals surface area contributed by atoms with Crippen molar-refractivity contribution in [3.8, 4) is 0 Å². The quantitative estimate of drug-likeness (QED) is 0.658. The molecule has 1 aliphatic heterocycles. The van der Waals surface area contributed by atoms with Crippen LogP contribution in [0.5, 0.6) is 0 Å². The lowest BCUT2D eigenvalue weighted by atomic mass is 10.0. The van der Waals surface area contributed by atoms with Crippen LogP contribution in [0.2, 0.25) is 0 Å². The van der Waals surface area contributed by atoms with Gasteiger partial charge in [0.05, 0.1) is 29.0 Å². The number of amides is 2. The van der Waals surface area contributed by atoms with Gasteiger partial charge in [-0.05, 0) is 30.2 Å². The van der Waals surface area contributed by atoms with E-state index < -0.39 is 28.4 Å². The second-order valence-electron chi connectivity index (χ2n) is 5.76. The van der Waals surface area contributed by atoms with Crippen molar-refractivity contribution in [2.24, 2.45) is 0 Å². The molecule has 128 valence electrons. The molecule has 0 saturated heterocycles. The number of nitrogens with one attached hydrogen (secondary N) is 2. The molecule has 0 unspecified atom stereocenters. The lowest BCUT2D eigenvalue weighted by molar-refractivity contribution is -0.385. The van der Waals surface area contributed by atoms with Crippen molar-refractivity contribution in [1.29, 1.82) is 0 Å². The van der Waals surface area contributed by atoms with Gasteiger partial charge in [-0.3, -0.25) is 19.7 Å². The van der Waals surface area contributed by atoms with Crippen LogP contribution < -0.4 is 10.6 Å². The topological polar surface area (TPSA) is 101 Å². The maximum atomic E-state index is 13.9. The number of nitro groups is 1. The summed E-state index contributed by atoms with van der Waals surface area (Å²) in [5, 5.41) is 16.0. The molecule has 0 spiro atoms. The first-order chi connectivity index (χ1) is 11.8. The molecule has 7 nitrogen and oxygen atoms in total. The molecule has 0 saturated carbocycles. The minimum atomic E-state index is -0.956. The summed E-state index contributed by atoms with van der Waals surface area (Å²) >= 11 is 0. The molecule has 2 N–H and O–H groups in total. The minimum absolute atomic E-state index is 0.0863. The number of nitrogens with zero attached hydrogens (tertiary/aromatic N) is 1. The van der Waals surface area contributed by atoms with Gasteiger partial charge in [0.15, 0.2) is 0 Å². The molecule has 0 aliphatic carbocycles. The van der Waals surface area contributed by atoms with Gasteiger partial charge in [0.2, 0.25) is 5.91 Å². The number of carbonyl (C=O) groups excluding carboxylic acids is 2. The normalized spacial score (nSPS) is 13.8. The maximum absolute atomic E-state index is 13.9. The summed E-state index contributed by atoms with van der Waals surface area (Å²) < 4.78 is 13.9. The summed E-state index contributed by atoms with van der Waals surface area (Å²) in [5.74, 6) is -1.71. The molecule has 1 aliphatic rings. The third kappa shape index (κ3) is 3.32. The number of hydrogen-bond acceptors (Lipinski definition) is 4. The molecule has 0 bridgehead atoms. The van der Waals surface area contributed by atoms with Crippen LogP contribution >= 0.6 is 0 Å². The van der Waals surface area contributed by atoms with Crippen LogP contribution in [0.15, 0.2) is 36.4 Å². The van der Waals surface area contributed by atoms with E-state index in [2.05, 4.69) is 10.6 Å². The Morgan fingerprint density at radius 2 is 2.08 bits per heavy atom. The number of non-ortho nitro benzene ring substituents is 1. The largest absolute Gasteiger partial charge is 0.345 e. The summed E-state index contributed by atoms with van der Waals surface area (Å²) in [6, 6.07) is 7.78. The van der Waals surface area contributed by atoms with E-state index in [-0.39, 0.29) is 17.9 Å². The Morgan fingerprint density at radius 3 is 2.76 bits per heavy atom. The summed E-state index contributed by atoms with van der Waals surface area (Å²) in [5.41, 5.74) is 1.66. The van der Waals surface area contributed by atoms with Crippen LogP contribution in [-0.4, -0.2) is 16.7 Å². The predicted octanol–water partition coefficient (Wildman–Crippen LogP) is 2.72. The first-order valence-corrected chi connectivity index (χ1v) is 7.52. The van der Waals surface area contributed by atoms with Crippen LogP contribution in [0, 0.1) is 15.9 Å². The van der Waals surface area contributed by atoms with Crippen molar-refractivity contribution >= 4 is 23.2 Å². The van der Waals surface area contributed by atoms with Crippen molar-refractivity contribution in [3.05, 3.63) is 69.0 Å². The Hall–Kier alpha value is -3.29. The molecule has 1 heterocycles. The molecule has 0 fully saturated rings. The van der Waals surface area contributed by atoms with Gasteiger partial charge < -0.3 is 10.6 Å². The van der Waals surface area contributed by atoms with E-state index >= 15 is 0 Å². The van der Waals surface area contributed by atoms with E-state index in [0.29, 0.717) is 6.07 Å². The van der Waals surface area contributed by atoms with Gasteiger partial charge in [0.25, 0.3) is 11.6 Å². The van der Waals surface area contributed by atoms with E-state index in [9.17, 15) is 24.1 Å². The fraction of sp³-hybridized carbons (Fsp3) is 0.176. The van der Waals surface area contributed by atoms with E-state index in [4.69, 9.17) is 0 Å². The van der Waals surface area contributed by atoms with Gasteiger partial charge in [0, 0.05) is 11.8 Å². The third-order valence-electron chi connectivity index (χ3n) is 4.01. The smallest absolute Gasteiger partial charge is 0.272 e. The highest BCUT2D eigenvalue weighted by Gasteiger charge is 2.21. The number of carbonyl (C=O) groups is 2. The van der Waals surface area contributed by atoms with Gasteiger partial charge in [-0.1, -0.05) is 12.1 Å². The summed E-state index contributed by atoms with van der Waals surface area (Å²) in [6.07, 6.45) is 0.279. The number of rotatable bonds is 4. The number of anilines is 1. The maximum Gasteiger partial charge on any atom is 0.272 e. The molecular formula is C17H14FN3O4. The van der Waals surface area contributed by atoms with E-state index in [1.165, 1.54) is 0 Å². The highest BCUT2D eigenvalue weighted by atomic mass is 19.1. The minimum Gasteiger partial charge on any atom is -0.345 e. The average Bonchev–Trinajstić information content (AvgIpc) is 2.93. The molecule has 1 atom stereocenters. The Balaban J connectivity index is 1.76. The van der Waals surface area contributed by atoms with Gasteiger partial charge in [-0.2, -0.15) is 0 Å². The van der Waals surface area contributed by atoms with E-state index in [0.717, 1.165) is 28.9 Å². The predicted molar refractivity (Wildman–Crippen MR) is 87.7 cm³/mol. The summed E-state index contributed by atoms with van der Waals surface area (Å²) in [6.45, 7) is 1.73. The Bertz CT molecular complexity index is 897. The fourth-order valence-electron chi connectivity index (χ4n) is 2.68. The summed E-state index contributed by atoms with van der Waals surface area (Å²) in [4.78, 5) is 33.5. The zero-order chi connectivity index (χ0) is 18.1. The van der Waals surface area contributed by atoms with Crippen LogP contribution in [0.3, 0.4) is 0 Å². The number of halogens is 1. The molecule has 2 aromatic rings. The van der Waals surface area contributed by atoms with Crippen LogP contribution in [0.25, 0.3) is 0 Å². The average molecular weight is 343 g/mol. The second-order valence-corrected chi connectivity index (χ2v) is 5.76. The molecule has 8 heteroatoms. The molecule has 3 rings (SSSR count). The molecule has 0 radical (unpaired) electrons. The fourth-order valence-corrected chi connectivity index (χ4v) is 2.68. The van der Waals surface area contributed by atoms with Gasteiger partial charge >= 0.3 is 0 Å². The van der Waals surface area contributed by atoms with E-state index in [1.54, 1.807) is 19.1 Å². The Kier molecular flexibility index (Phi) is 4.18. The summed E-state index contributed by atoms with van der Waals surface area (Å²) in [7, 11) is 0. The standard InChI is InChI=1S/C17H14FN3O4/c1-9(10-2-5-15-11(6-10)7-16(22)20-15)19-17(23)13-4-3-12(21(24)25)8-14(13)18/h2-6,8-9H,7H2,1H3,(H,19,23)(H,20,22)/t9-/m1/s1. The van der Waals surface area contributed by atoms with Crippen molar-refractivity contribution in [1.82, 2.24) is 5.32 Å². The monoisotopic (exact) mass is 343 g/mol. The molecule has 2 aromatic carbocycles.